The number of sulfonamides is 1. The number of ether oxygens (including phenoxy) is 2. The number of carbonyl (C=O) groups is 2. The number of methoxy groups -OCH3 is 1. The lowest BCUT2D eigenvalue weighted by Crippen LogP contribution is -2.53. The van der Waals surface area contributed by atoms with E-state index in [1.54, 1.807) is 0 Å². The Morgan fingerprint density at radius 1 is 1.06 bits per heavy atom. The van der Waals surface area contributed by atoms with E-state index in [2.05, 4.69) is 0 Å². The van der Waals surface area contributed by atoms with E-state index in [0.29, 0.717) is 0 Å². The number of esters is 2. The summed E-state index contributed by atoms with van der Waals surface area (Å²) in [6, 6.07) is 6.71. The number of hydrogen-bond donors (Lipinski definition) is 0. The topological polar surface area (TPSA) is 90.0 Å². The maximum Gasteiger partial charge on any atom is 0.516 e. The van der Waals surface area contributed by atoms with E-state index in [-0.39, 0.29) is 27.6 Å². The minimum atomic E-state index is -6.16. The lowest BCUT2D eigenvalue weighted by Gasteiger charge is -2.38. The van der Waals surface area contributed by atoms with Crippen molar-refractivity contribution >= 4 is 38.8 Å². The molecule has 7 nitrogen and oxygen atoms in total. The predicted molar refractivity (Wildman–Crippen MR) is 110 cm³/mol. The van der Waals surface area contributed by atoms with Gasteiger partial charge in [0.25, 0.3) is 0 Å². The van der Waals surface area contributed by atoms with Gasteiger partial charge in [0.2, 0.25) is 0 Å². The van der Waals surface area contributed by atoms with E-state index >= 15 is 0 Å². The SMILES string of the molecule is CCOC(=O)C1C(c2ccc(F)cc2)=C(C(=O)OC)c2ccccc2N1S(=O)(=O)C(F)(F)F. The van der Waals surface area contributed by atoms with Gasteiger partial charge in [-0.3, -0.25) is 0 Å². The molecule has 3 rings (SSSR count). The Balaban J connectivity index is 2.51. The molecule has 0 saturated heterocycles. The molecule has 0 aromatic heterocycles. The Bertz CT molecular complexity index is 1220. The quantitative estimate of drug-likeness (QED) is 0.474. The van der Waals surface area contributed by atoms with Crippen LogP contribution in [0.25, 0.3) is 11.1 Å². The van der Waals surface area contributed by atoms with Crippen LogP contribution in [-0.4, -0.2) is 45.6 Å². The first-order chi connectivity index (χ1) is 15.5. The van der Waals surface area contributed by atoms with Gasteiger partial charge in [0.05, 0.1) is 25.0 Å². The highest BCUT2D eigenvalue weighted by atomic mass is 32.2. The molecule has 1 aliphatic heterocycles. The second-order valence-electron chi connectivity index (χ2n) is 6.71. The monoisotopic (exact) mass is 487 g/mol. The average Bonchev–Trinajstić information content (AvgIpc) is 2.76. The van der Waals surface area contributed by atoms with Gasteiger partial charge in [0, 0.05) is 11.1 Å². The lowest BCUT2D eigenvalue weighted by molar-refractivity contribution is -0.143. The molecule has 0 N–H and O–H groups in total. The van der Waals surface area contributed by atoms with Gasteiger partial charge in [-0.2, -0.15) is 21.6 Å². The summed E-state index contributed by atoms with van der Waals surface area (Å²) in [5.41, 5.74) is -7.46. The Morgan fingerprint density at radius 3 is 2.21 bits per heavy atom. The molecule has 0 fully saturated rings. The highest BCUT2D eigenvalue weighted by Gasteiger charge is 2.57. The maximum absolute atomic E-state index is 13.7. The van der Waals surface area contributed by atoms with Crippen LogP contribution in [0, 0.1) is 5.82 Å². The van der Waals surface area contributed by atoms with Crippen molar-refractivity contribution in [2.24, 2.45) is 0 Å². The molecule has 0 radical (unpaired) electrons. The van der Waals surface area contributed by atoms with Crippen LogP contribution in [0.1, 0.15) is 18.1 Å². The molecular weight excluding hydrogens is 470 g/mol. The molecule has 2 aromatic carbocycles. The van der Waals surface area contributed by atoms with Crippen LogP contribution in [0.15, 0.2) is 48.5 Å². The molecule has 0 saturated carbocycles. The van der Waals surface area contributed by atoms with E-state index in [9.17, 15) is 35.6 Å². The molecule has 12 heteroatoms. The zero-order valence-electron chi connectivity index (χ0n) is 17.2. The number of benzene rings is 2. The van der Waals surface area contributed by atoms with Crippen molar-refractivity contribution < 1.29 is 45.0 Å². The second-order valence-corrected chi connectivity index (χ2v) is 8.51. The molecule has 1 unspecified atom stereocenters. The smallest absolute Gasteiger partial charge is 0.465 e. The largest absolute Gasteiger partial charge is 0.516 e. The first-order valence-corrected chi connectivity index (χ1v) is 10.8. The Labute approximate surface area is 186 Å². The third-order valence-corrected chi connectivity index (χ3v) is 6.30. The van der Waals surface area contributed by atoms with Gasteiger partial charge in [-0.25, -0.2) is 18.3 Å². The van der Waals surface area contributed by atoms with Crippen molar-refractivity contribution in [3.63, 3.8) is 0 Å². The van der Waals surface area contributed by atoms with Gasteiger partial charge in [0.15, 0.2) is 6.04 Å². The van der Waals surface area contributed by atoms with Crippen LogP contribution in [-0.2, 0) is 29.1 Å². The molecule has 1 heterocycles. The van der Waals surface area contributed by atoms with Crippen molar-refractivity contribution in [2.45, 2.75) is 18.5 Å². The van der Waals surface area contributed by atoms with E-state index in [4.69, 9.17) is 9.47 Å². The lowest BCUT2D eigenvalue weighted by atomic mass is 9.85. The Kier molecular flexibility index (Phi) is 6.50. The van der Waals surface area contributed by atoms with Gasteiger partial charge < -0.3 is 9.47 Å². The summed E-state index contributed by atoms with van der Waals surface area (Å²) < 4.78 is 89.5. The predicted octanol–water partition coefficient (Wildman–Crippen LogP) is 3.51. The number of fused-ring (bicyclic) bond motifs is 1. The first kappa shape index (κ1) is 24.2. The zero-order valence-corrected chi connectivity index (χ0v) is 18.0. The van der Waals surface area contributed by atoms with E-state index in [1.807, 2.05) is 0 Å². The normalized spacial score (nSPS) is 16.3. The fourth-order valence-corrected chi connectivity index (χ4v) is 4.59. The van der Waals surface area contributed by atoms with Gasteiger partial charge in [-0.1, -0.05) is 30.3 Å². The molecule has 0 bridgehead atoms. The maximum atomic E-state index is 13.7. The molecule has 0 amide bonds. The number of rotatable bonds is 5. The number of hydrogen-bond acceptors (Lipinski definition) is 6. The molecule has 0 spiro atoms. The highest BCUT2D eigenvalue weighted by molar-refractivity contribution is 7.93. The van der Waals surface area contributed by atoms with Crippen molar-refractivity contribution in [3.05, 3.63) is 65.5 Å². The molecule has 176 valence electrons. The molecule has 1 atom stereocenters. The fourth-order valence-electron chi connectivity index (χ4n) is 3.48. The van der Waals surface area contributed by atoms with Crippen LogP contribution < -0.4 is 4.31 Å². The number of para-hydroxylation sites is 1. The summed E-state index contributed by atoms with van der Waals surface area (Å²) in [6.07, 6.45) is 0. The number of carbonyl (C=O) groups excluding carboxylic acids is 2. The van der Waals surface area contributed by atoms with E-state index in [1.165, 1.54) is 25.1 Å². The van der Waals surface area contributed by atoms with E-state index in [0.717, 1.165) is 37.4 Å². The van der Waals surface area contributed by atoms with Gasteiger partial charge in [-0.05, 0) is 30.7 Å². The van der Waals surface area contributed by atoms with Gasteiger partial charge in [-0.15, -0.1) is 0 Å². The minimum Gasteiger partial charge on any atom is -0.465 e. The van der Waals surface area contributed by atoms with Crippen LogP contribution in [0.2, 0.25) is 0 Å². The van der Waals surface area contributed by atoms with Crippen molar-refractivity contribution in [2.75, 3.05) is 18.0 Å². The summed E-state index contributed by atoms with van der Waals surface area (Å²) in [5, 5.41) is 0. The summed E-state index contributed by atoms with van der Waals surface area (Å²) in [5.74, 6) is -3.11. The summed E-state index contributed by atoms with van der Waals surface area (Å²) in [6.45, 7) is 1.08. The highest BCUT2D eigenvalue weighted by Crippen LogP contribution is 2.47. The molecular formula is C21H17F4NO6S. The first-order valence-electron chi connectivity index (χ1n) is 9.40. The van der Waals surface area contributed by atoms with E-state index < -0.39 is 50.6 Å². The second kappa shape index (κ2) is 8.85. The standard InChI is InChI=1S/C21H17F4NO6S/c1-3-32-20(28)18-16(12-8-10-13(22)11-9-12)17(19(27)31-2)14-6-4-5-7-15(14)26(18)33(29,30)21(23,24)25/h4-11,18H,3H2,1-2H3. The Morgan fingerprint density at radius 2 is 1.67 bits per heavy atom. The molecule has 2 aromatic rings. The molecule has 0 aliphatic carbocycles. The third kappa shape index (κ3) is 4.17. The fraction of sp³-hybridized carbons (Fsp3) is 0.238. The summed E-state index contributed by atoms with van der Waals surface area (Å²) in [4.78, 5) is 25.7. The molecule has 1 aliphatic rings. The van der Waals surface area contributed by atoms with Crippen LogP contribution in [0.5, 0.6) is 0 Å². The minimum absolute atomic E-state index is 0.0771. The van der Waals surface area contributed by atoms with Gasteiger partial charge >= 0.3 is 27.5 Å². The summed E-state index contributed by atoms with van der Waals surface area (Å²) >= 11 is 0. The van der Waals surface area contributed by atoms with Crippen LogP contribution in [0.3, 0.4) is 0 Å². The number of nitrogens with zero attached hydrogens (tertiary/aromatic N) is 1. The van der Waals surface area contributed by atoms with Crippen molar-refractivity contribution in [1.29, 1.82) is 0 Å². The number of alkyl halides is 3. The number of halogens is 4. The average molecular weight is 487 g/mol. The van der Waals surface area contributed by atoms with Crippen LogP contribution >= 0.6 is 0 Å². The molecule has 33 heavy (non-hydrogen) atoms. The van der Waals surface area contributed by atoms with Crippen molar-refractivity contribution in [3.8, 4) is 0 Å². The third-order valence-electron chi connectivity index (χ3n) is 4.79. The van der Waals surface area contributed by atoms with Crippen LogP contribution in [0.4, 0.5) is 23.2 Å². The van der Waals surface area contributed by atoms with Crippen molar-refractivity contribution in [1.82, 2.24) is 0 Å². The summed E-state index contributed by atoms with van der Waals surface area (Å²) in [7, 11) is -5.15. The van der Waals surface area contributed by atoms with Gasteiger partial charge in [0.1, 0.15) is 5.82 Å². The zero-order chi connectivity index (χ0) is 24.6. The Hall–Kier alpha value is -3.41. The number of anilines is 1.